The number of unbranched alkanes of at least 4 members (excludes halogenated alkanes) is 1. The van der Waals surface area contributed by atoms with E-state index in [4.69, 9.17) is 0 Å². The molecule has 0 aromatic heterocycles. The van der Waals surface area contributed by atoms with Gasteiger partial charge in [-0.2, -0.15) is 0 Å². The molecule has 2 rings (SSSR count). The molecule has 0 radical (unpaired) electrons. The second kappa shape index (κ2) is 10.00. The minimum Gasteiger partial charge on any atom is -1.00 e. The Balaban J connectivity index is 0.00000144. The van der Waals surface area contributed by atoms with Crippen molar-refractivity contribution in [2.24, 2.45) is 0 Å². The largest absolute Gasteiger partial charge is 1.00 e. The van der Waals surface area contributed by atoms with E-state index in [1.165, 1.54) is 25.7 Å². The van der Waals surface area contributed by atoms with Crippen LogP contribution in [0.4, 0.5) is 0 Å². The Hall–Kier alpha value is 0.150. The van der Waals surface area contributed by atoms with Crippen molar-refractivity contribution in [2.45, 2.75) is 32.6 Å². The minimum absolute atomic E-state index is 0. The van der Waals surface area contributed by atoms with Crippen molar-refractivity contribution in [3.05, 3.63) is 51.4 Å². The summed E-state index contributed by atoms with van der Waals surface area (Å²) < 4.78 is 3.45. The molecule has 3 heteroatoms. The van der Waals surface area contributed by atoms with Crippen LogP contribution in [-0.2, 0) is 22.9 Å². The standard InChI is InChI=1S/C9H13.C6H5.2ClH.Hf/c1-2-3-6-9-7-4-5-8-9;1-2-4-6-5-3-1;;;/h4,7H,2-3,5-6H2,1H3;1-5H;2*1H;/q;;;;+2/p-2. The molecule has 0 bridgehead atoms. The predicted octanol–water partition coefficient (Wildman–Crippen LogP) is -2.19. The van der Waals surface area contributed by atoms with Gasteiger partial charge in [0.2, 0.25) is 0 Å². The molecule has 96 valence electrons. The third kappa shape index (κ3) is 5.42. The fourth-order valence-corrected chi connectivity index (χ4v) is 6.64. The Bertz CT molecular complexity index is 396. The molecule has 18 heavy (non-hydrogen) atoms. The zero-order chi connectivity index (χ0) is 11.2. The van der Waals surface area contributed by atoms with Gasteiger partial charge in [0.05, 0.1) is 0 Å². The predicted molar refractivity (Wildman–Crippen MR) is 66.4 cm³/mol. The van der Waals surface area contributed by atoms with Gasteiger partial charge in [-0.15, -0.1) is 0 Å². The zero-order valence-electron chi connectivity index (χ0n) is 10.6. The fourth-order valence-electron chi connectivity index (χ4n) is 1.98. The zero-order valence-corrected chi connectivity index (χ0v) is 15.7. The van der Waals surface area contributed by atoms with Gasteiger partial charge >= 0.3 is 110 Å². The molecule has 1 aromatic rings. The normalized spacial score (nSPS) is 12.7. The molecule has 1 aliphatic carbocycles. The van der Waals surface area contributed by atoms with Gasteiger partial charge in [-0.25, -0.2) is 0 Å². The minimum atomic E-state index is -0.723. The van der Waals surface area contributed by atoms with E-state index >= 15 is 0 Å². The van der Waals surface area contributed by atoms with E-state index < -0.39 is 22.9 Å². The summed E-state index contributed by atoms with van der Waals surface area (Å²) in [4.78, 5) is 0. The second-order valence-electron chi connectivity index (χ2n) is 4.20. The fraction of sp³-hybridized carbons (Fsp3) is 0.333. The molecule has 0 N–H and O–H groups in total. The first-order valence-electron chi connectivity index (χ1n) is 6.11. The summed E-state index contributed by atoms with van der Waals surface area (Å²) >= 11 is -0.723. The number of halogens is 2. The van der Waals surface area contributed by atoms with Crippen LogP contribution in [0.15, 0.2) is 51.4 Å². The number of hydrogen-bond acceptors (Lipinski definition) is 0. The number of rotatable bonds is 5. The van der Waals surface area contributed by atoms with Gasteiger partial charge in [-0.3, -0.25) is 0 Å². The van der Waals surface area contributed by atoms with E-state index in [2.05, 4.69) is 49.4 Å². The number of hydrogen-bond donors (Lipinski definition) is 0. The SMILES string of the molecule is CCCCC1=[C]([Hf+2][c]2ccccc2)CC=C1.[Cl-].[Cl-]. The quantitative estimate of drug-likeness (QED) is 0.450. The molecular weight excluding hydrogens is 430 g/mol. The maximum absolute atomic E-state index is 2.38. The molecule has 0 amide bonds. The van der Waals surface area contributed by atoms with Gasteiger partial charge in [0.25, 0.3) is 0 Å². The molecule has 0 spiro atoms. The van der Waals surface area contributed by atoms with Crippen LogP contribution in [-0.4, -0.2) is 0 Å². The van der Waals surface area contributed by atoms with E-state index in [1.807, 2.05) is 3.33 Å². The number of allylic oxidation sites excluding steroid dienone is 4. The Morgan fingerprint density at radius 2 is 1.83 bits per heavy atom. The third-order valence-corrected chi connectivity index (χ3v) is 8.10. The first kappa shape index (κ1) is 18.2. The monoisotopic (exact) mass is 448 g/mol. The Morgan fingerprint density at radius 3 is 2.50 bits per heavy atom. The van der Waals surface area contributed by atoms with E-state index in [0.29, 0.717) is 0 Å². The van der Waals surface area contributed by atoms with Gasteiger partial charge < -0.3 is 24.8 Å². The average Bonchev–Trinajstić information content (AvgIpc) is 2.75. The van der Waals surface area contributed by atoms with Crippen molar-refractivity contribution in [1.29, 1.82) is 0 Å². The van der Waals surface area contributed by atoms with Crippen LogP contribution in [0.2, 0.25) is 0 Å². The van der Waals surface area contributed by atoms with Crippen LogP contribution < -0.4 is 28.1 Å². The first-order chi connectivity index (χ1) is 7.90. The molecule has 0 unspecified atom stereocenters. The van der Waals surface area contributed by atoms with E-state index in [1.54, 1.807) is 8.89 Å². The summed E-state index contributed by atoms with van der Waals surface area (Å²) in [6.07, 6.45) is 9.95. The van der Waals surface area contributed by atoms with Gasteiger partial charge in [-0.1, -0.05) is 0 Å². The summed E-state index contributed by atoms with van der Waals surface area (Å²) in [5, 5.41) is 0. The van der Waals surface area contributed by atoms with Gasteiger partial charge in [0.1, 0.15) is 0 Å². The summed E-state index contributed by atoms with van der Waals surface area (Å²) in [7, 11) is 0. The molecule has 0 fully saturated rings. The van der Waals surface area contributed by atoms with Crippen LogP contribution in [0.25, 0.3) is 0 Å². The third-order valence-electron chi connectivity index (χ3n) is 2.90. The smallest absolute Gasteiger partial charge is 1.00 e. The van der Waals surface area contributed by atoms with Crippen LogP contribution in [0.5, 0.6) is 0 Å². The molecule has 0 saturated heterocycles. The van der Waals surface area contributed by atoms with Crippen molar-refractivity contribution in [1.82, 2.24) is 0 Å². The van der Waals surface area contributed by atoms with Crippen LogP contribution >= 0.6 is 0 Å². The topological polar surface area (TPSA) is 0 Å². The van der Waals surface area contributed by atoms with Crippen molar-refractivity contribution in [3.8, 4) is 0 Å². The number of benzene rings is 1. The molecular formula is C15H18Cl2Hf. The Labute approximate surface area is 134 Å². The van der Waals surface area contributed by atoms with E-state index in [0.717, 1.165) is 0 Å². The Morgan fingerprint density at radius 1 is 1.11 bits per heavy atom. The molecule has 1 aromatic carbocycles. The van der Waals surface area contributed by atoms with Crippen molar-refractivity contribution in [3.63, 3.8) is 0 Å². The van der Waals surface area contributed by atoms with Crippen molar-refractivity contribution < 1.29 is 47.7 Å². The summed E-state index contributed by atoms with van der Waals surface area (Å²) in [5.74, 6) is 0. The second-order valence-corrected chi connectivity index (χ2v) is 9.35. The molecule has 0 nitrogen and oxygen atoms in total. The maximum atomic E-state index is 2.38. The molecule has 1 aliphatic rings. The van der Waals surface area contributed by atoms with Gasteiger partial charge in [0.15, 0.2) is 0 Å². The van der Waals surface area contributed by atoms with E-state index in [9.17, 15) is 0 Å². The Kier molecular flexibility index (Phi) is 10.1. The molecule has 0 saturated carbocycles. The maximum Gasteiger partial charge on any atom is -1.00 e. The molecule has 0 heterocycles. The van der Waals surface area contributed by atoms with Gasteiger partial charge in [0, 0.05) is 0 Å². The average molecular weight is 448 g/mol. The van der Waals surface area contributed by atoms with Crippen LogP contribution in [0.1, 0.15) is 32.6 Å². The van der Waals surface area contributed by atoms with E-state index in [-0.39, 0.29) is 24.8 Å². The molecule has 0 atom stereocenters. The van der Waals surface area contributed by atoms with Crippen LogP contribution in [0, 0.1) is 0 Å². The first-order valence-corrected chi connectivity index (χ1v) is 9.70. The van der Waals surface area contributed by atoms with Crippen molar-refractivity contribution in [2.75, 3.05) is 0 Å². The van der Waals surface area contributed by atoms with Crippen LogP contribution in [0.3, 0.4) is 0 Å². The summed E-state index contributed by atoms with van der Waals surface area (Å²) in [6.45, 7) is 2.28. The summed E-state index contributed by atoms with van der Waals surface area (Å²) in [6, 6.07) is 11.1. The van der Waals surface area contributed by atoms with Crippen molar-refractivity contribution >= 4 is 3.32 Å². The summed E-state index contributed by atoms with van der Waals surface area (Å²) in [5.41, 5.74) is 1.68. The molecule has 0 aliphatic heterocycles. The van der Waals surface area contributed by atoms with Gasteiger partial charge in [-0.05, 0) is 0 Å².